The third kappa shape index (κ3) is 4.25. The summed E-state index contributed by atoms with van der Waals surface area (Å²) in [5.41, 5.74) is 0.861. The SMILES string of the molecule is CCC(C)(C)n1nnnc1[C@H](c1ccc(OC)cc1)N1CCN(C(=O)c2ccco2)CC1. The highest BCUT2D eigenvalue weighted by Gasteiger charge is 2.35. The van der Waals surface area contributed by atoms with Gasteiger partial charge >= 0.3 is 0 Å². The van der Waals surface area contributed by atoms with E-state index in [1.54, 1.807) is 19.2 Å². The quantitative estimate of drug-likeness (QED) is 0.560. The maximum atomic E-state index is 12.7. The average molecular weight is 439 g/mol. The molecule has 0 saturated carbocycles. The monoisotopic (exact) mass is 438 g/mol. The molecule has 1 aromatic carbocycles. The van der Waals surface area contributed by atoms with Gasteiger partial charge in [0.05, 0.1) is 25.0 Å². The molecule has 9 nitrogen and oxygen atoms in total. The summed E-state index contributed by atoms with van der Waals surface area (Å²) in [5, 5.41) is 12.8. The number of rotatable bonds is 7. The second-order valence-corrected chi connectivity index (χ2v) is 8.60. The molecule has 170 valence electrons. The molecule has 0 bridgehead atoms. The molecular formula is C23H30N6O3. The lowest BCUT2D eigenvalue weighted by molar-refractivity contribution is 0.0555. The van der Waals surface area contributed by atoms with Gasteiger partial charge in [-0.05, 0) is 60.5 Å². The number of piperazine rings is 1. The van der Waals surface area contributed by atoms with Gasteiger partial charge in [0.2, 0.25) is 0 Å². The summed E-state index contributed by atoms with van der Waals surface area (Å²) in [6.45, 7) is 9.00. The van der Waals surface area contributed by atoms with Crippen LogP contribution >= 0.6 is 0 Å². The van der Waals surface area contributed by atoms with Gasteiger partial charge in [-0.2, -0.15) is 0 Å². The highest BCUT2D eigenvalue weighted by molar-refractivity contribution is 5.91. The topological polar surface area (TPSA) is 89.5 Å². The molecule has 0 unspecified atom stereocenters. The van der Waals surface area contributed by atoms with Crippen LogP contribution in [0.15, 0.2) is 47.1 Å². The average Bonchev–Trinajstić information content (AvgIpc) is 3.53. The van der Waals surface area contributed by atoms with Crippen molar-refractivity contribution in [3.05, 3.63) is 59.8 Å². The molecule has 1 aliphatic heterocycles. The number of tetrazole rings is 1. The minimum Gasteiger partial charge on any atom is -0.497 e. The maximum absolute atomic E-state index is 12.7. The molecule has 32 heavy (non-hydrogen) atoms. The van der Waals surface area contributed by atoms with Gasteiger partial charge in [0, 0.05) is 26.2 Å². The highest BCUT2D eigenvalue weighted by Crippen LogP contribution is 2.32. The van der Waals surface area contributed by atoms with E-state index < -0.39 is 0 Å². The van der Waals surface area contributed by atoms with E-state index in [1.807, 2.05) is 21.7 Å². The van der Waals surface area contributed by atoms with E-state index in [4.69, 9.17) is 9.15 Å². The van der Waals surface area contributed by atoms with Crippen molar-refractivity contribution in [2.45, 2.75) is 38.8 Å². The number of amides is 1. The number of methoxy groups -OCH3 is 1. The molecule has 1 fully saturated rings. The fraction of sp³-hybridized carbons (Fsp3) is 0.478. The predicted octanol–water partition coefficient (Wildman–Crippen LogP) is 2.97. The van der Waals surface area contributed by atoms with Crippen molar-refractivity contribution in [2.24, 2.45) is 0 Å². The Kier molecular flexibility index (Phi) is 6.27. The molecule has 0 aliphatic carbocycles. The Morgan fingerprint density at radius 3 is 2.47 bits per heavy atom. The van der Waals surface area contributed by atoms with Crippen LogP contribution in [0.4, 0.5) is 0 Å². The lowest BCUT2D eigenvalue weighted by Crippen LogP contribution is -2.50. The molecule has 1 aliphatic rings. The smallest absolute Gasteiger partial charge is 0.289 e. The van der Waals surface area contributed by atoms with Crippen LogP contribution in [0.3, 0.4) is 0 Å². The number of hydrogen-bond acceptors (Lipinski definition) is 7. The van der Waals surface area contributed by atoms with Crippen molar-refractivity contribution in [1.82, 2.24) is 30.0 Å². The first-order valence-electron chi connectivity index (χ1n) is 10.9. The molecule has 1 atom stereocenters. The van der Waals surface area contributed by atoms with Crippen LogP contribution < -0.4 is 4.74 Å². The number of nitrogens with zero attached hydrogens (tertiary/aromatic N) is 6. The molecule has 3 aromatic rings. The first kappa shape index (κ1) is 22.0. The van der Waals surface area contributed by atoms with E-state index >= 15 is 0 Å². The first-order chi connectivity index (χ1) is 15.4. The zero-order valence-corrected chi connectivity index (χ0v) is 19.1. The zero-order chi connectivity index (χ0) is 22.7. The van der Waals surface area contributed by atoms with Crippen molar-refractivity contribution in [3.8, 4) is 5.75 Å². The molecule has 1 saturated heterocycles. The first-order valence-corrected chi connectivity index (χ1v) is 10.9. The Bertz CT molecular complexity index is 1020. The number of ether oxygens (including phenoxy) is 1. The largest absolute Gasteiger partial charge is 0.497 e. The standard InChI is InChI=1S/C23H30N6O3/c1-5-23(2,3)29-21(24-25-26-29)20(17-8-10-18(31-4)11-9-17)27-12-14-28(15-13-27)22(30)19-7-6-16-32-19/h6-11,16,20H,5,12-15H2,1-4H3/t20-/m0/s1. The molecule has 2 aromatic heterocycles. The second kappa shape index (κ2) is 9.12. The molecule has 9 heteroatoms. The van der Waals surface area contributed by atoms with Crippen molar-refractivity contribution < 1.29 is 13.9 Å². The maximum Gasteiger partial charge on any atom is 0.289 e. The Morgan fingerprint density at radius 1 is 1.16 bits per heavy atom. The molecular weight excluding hydrogens is 408 g/mol. The van der Waals surface area contributed by atoms with E-state index in [0.29, 0.717) is 31.9 Å². The van der Waals surface area contributed by atoms with Gasteiger partial charge in [-0.3, -0.25) is 9.69 Å². The Labute approximate surface area is 187 Å². The molecule has 0 radical (unpaired) electrons. The van der Waals surface area contributed by atoms with Crippen LogP contribution in [0.5, 0.6) is 5.75 Å². The summed E-state index contributed by atoms with van der Waals surface area (Å²) in [4.78, 5) is 16.9. The summed E-state index contributed by atoms with van der Waals surface area (Å²) in [6.07, 6.45) is 2.42. The van der Waals surface area contributed by atoms with E-state index in [0.717, 1.165) is 23.6 Å². The number of carbonyl (C=O) groups is 1. The molecule has 3 heterocycles. The Balaban J connectivity index is 1.62. The van der Waals surface area contributed by atoms with Crippen LogP contribution in [0.25, 0.3) is 0 Å². The summed E-state index contributed by atoms with van der Waals surface area (Å²) in [6, 6.07) is 11.3. The fourth-order valence-electron chi connectivity index (χ4n) is 3.99. The number of hydrogen-bond donors (Lipinski definition) is 0. The van der Waals surface area contributed by atoms with Gasteiger partial charge in [-0.1, -0.05) is 19.1 Å². The minimum absolute atomic E-state index is 0.0763. The van der Waals surface area contributed by atoms with Gasteiger partial charge < -0.3 is 14.1 Å². The van der Waals surface area contributed by atoms with Crippen LogP contribution in [0.1, 0.15) is 55.2 Å². The van der Waals surface area contributed by atoms with Crippen molar-refractivity contribution >= 4 is 5.91 Å². The highest BCUT2D eigenvalue weighted by atomic mass is 16.5. The van der Waals surface area contributed by atoms with E-state index in [2.05, 4.69) is 53.3 Å². The van der Waals surface area contributed by atoms with Crippen molar-refractivity contribution in [2.75, 3.05) is 33.3 Å². The number of furan rings is 1. The second-order valence-electron chi connectivity index (χ2n) is 8.60. The van der Waals surface area contributed by atoms with Crippen LogP contribution in [0, 0.1) is 0 Å². The lowest BCUT2D eigenvalue weighted by Gasteiger charge is -2.39. The normalized spacial score (nSPS) is 16.2. The molecule has 1 amide bonds. The van der Waals surface area contributed by atoms with Gasteiger partial charge in [-0.15, -0.1) is 5.10 Å². The third-order valence-electron chi connectivity index (χ3n) is 6.31. The minimum atomic E-state index is -0.222. The van der Waals surface area contributed by atoms with E-state index in [1.165, 1.54) is 6.26 Å². The van der Waals surface area contributed by atoms with Crippen molar-refractivity contribution in [3.63, 3.8) is 0 Å². The summed E-state index contributed by atoms with van der Waals surface area (Å²) in [7, 11) is 1.66. The zero-order valence-electron chi connectivity index (χ0n) is 19.1. The van der Waals surface area contributed by atoms with E-state index in [9.17, 15) is 4.79 Å². The van der Waals surface area contributed by atoms with Crippen LogP contribution in [-0.2, 0) is 5.54 Å². The number of carbonyl (C=O) groups excluding carboxylic acids is 1. The van der Waals surface area contributed by atoms with E-state index in [-0.39, 0.29) is 17.5 Å². The Hall–Kier alpha value is -3.20. The molecule has 4 rings (SSSR count). The predicted molar refractivity (Wildman–Crippen MR) is 118 cm³/mol. The summed E-state index contributed by atoms with van der Waals surface area (Å²) < 4.78 is 12.6. The van der Waals surface area contributed by atoms with Gasteiger partial charge in [0.15, 0.2) is 11.6 Å². The lowest BCUT2D eigenvalue weighted by atomic mass is 9.99. The van der Waals surface area contributed by atoms with Crippen molar-refractivity contribution in [1.29, 1.82) is 0 Å². The number of benzene rings is 1. The summed E-state index contributed by atoms with van der Waals surface area (Å²) >= 11 is 0. The molecule has 0 spiro atoms. The summed E-state index contributed by atoms with van der Waals surface area (Å²) in [5.74, 6) is 1.90. The third-order valence-corrected chi connectivity index (χ3v) is 6.31. The number of aromatic nitrogens is 4. The Morgan fingerprint density at radius 2 is 1.88 bits per heavy atom. The van der Waals surface area contributed by atoms with Gasteiger partial charge in [-0.25, -0.2) is 4.68 Å². The van der Waals surface area contributed by atoms with Gasteiger partial charge in [0.1, 0.15) is 5.75 Å². The van der Waals surface area contributed by atoms with Crippen LogP contribution in [-0.4, -0.2) is 69.2 Å². The van der Waals surface area contributed by atoms with Gasteiger partial charge in [0.25, 0.3) is 5.91 Å². The molecule has 0 N–H and O–H groups in total. The van der Waals surface area contributed by atoms with Crippen LogP contribution in [0.2, 0.25) is 0 Å². The fourth-order valence-corrected chi connectivity index (χ4v) is 3.99.